The zero-order chi connectivity index (χ0) is 11.8. The molecular formula is C13H21BrOS. The standard InChI is InChI=1S/C13H21BrOS/c1-3-4-5-6-7-11(2)15-9-13-8-12(14)10-16-13/h8,10-11H,3-7,9H2,1-2H3. The van der Waals surface area contributed by atoms with E-state index in [1.807, 2.05) is 0 Å². The molecule has 0 saturated carbocycles. The van der Waals surface area contributed by atoms with Crippen LogP contribution in [-0.4, -0.2) is 6.10 Å². The molecule has 3 heteroatoms. The van der Waals surface area contributed by atoms with Crippen LogP contribution in [0.1, 0.15) is 50.8 Å². The molecule has 0 saturated heterocycles. The molecule has 1 aromatic rings. The molecule has 0 aromatic carbocycles. The van der Waals surface area contributed by atoms with Gasteiger partial charge in [0.05, 0.1) is 12.7 Å². The second-order valence-corrected chi connectivity index (χ2v) is 6.11. The number of halogens is 1. The molecule has 1 aromatic heterocycles. The molecule has 0 N–H and O–H groups in total. The van der Waals surface area contributed by atoms with Crippen molar-refractivity contribution >= 4 is 27.3 Å². The highest BCUT2D eigenvalue weighted by atomic mass is 79.9. The number of rotatable bonds is 8. The second kappa shape index (κ2) is 8.26. The van der Waals surface area contributed by atoms with Gasteiger partial charge in [-0.2, -0.15) is 0 Å². The van der Waals surface area contributed by atoms with E-state index in [1.165, 1.54) is 37.0 Å². The van der Waals surface area contributed by atoms with Gasteiger partial charge in [-0.3, -0.25) is 0 Å². The molecule has 0 aliphatic rings. The Bertz CT molecular complexity index is 285. The lowest BCUT2D eigenvalue weighted by atomic mass is 10.1. The molecule has 1 unspecified atom stereocenters. The summed E-state index contributed by atoms with van der Waals surface area (Å²) in [6.07, 6.45) is 6.87. The average Bonchev–Trinajstić information content (AvgIpc) is 2.68. The lowest BCUT2D eigenvalue weighted by molar-refractivity contribution is 0.0475. The van der Waals surface area contributed by atoms with E-state index in [2.05, 4.69) is 41.2 Å². The molecule has 1 atom stereocenters. The lowest BCUT2D eigenvalue weighted by Gasteiger charge is -2.11. The first-order valence-corrected chi connectivity index (χ1v) is 7.74. The summed E-state index contributed by atoms with van der Waals surface area (Å²) in [5.74, 6) is 0. The minimum Gasteiger partial charge on any atom is -0.373 e. The SMILES string of the molecule is CCCCCCC(C)OCc1cc(Br)cs1. The number of thiophene rings is 1. The lowest BCUT2D eigenvalue weighted by Crippen LogP contribution is -2.07. The Morgan fingerprint density at radius 3 is 2.81 bits per heavy atom. The zero-order valence-electron chi connectivity index (χ0n) is 10.2. The van der Waals surface area contributed by atoms with Gasteiger partial charge >= 0.3 is 0 Å². The number of hydrogen-bond acceptors (Lipinski definition) is 2. The largest absolute Gasteiger partial charge is 0.373 e. The first kappa shape index (κ1) is 14.2. The van der Waals surface area contributed by atoms with Crippen molar-refractivity contribution in [1.82, 2.24) is 0 Å². The van der Waals surface area contributed by atoms with E-state index in [0.29, 0.717) is 6.10 Å². The van der Waals surface area contributed by atoms with Crippen LogP contribution in [0.25, 0.3) is 0 Å². The second-order valence-electron chi connectivity index (χ2n) is 4.20. The molecule has 0 fully saturated rings. The van der Waals surface area contributed by atoms with Gasteiger partial charge in [-0.1, -0.05) is 32.6 Å². The van der Waals surface area contributed by atoms with Gasteiger partial charge in [-0.05, 0) is 35.3 Å². The van der Waals surface area contributed by atoms with Gasteiger partial charge in [0.25, 0.3) is 0 Å². The number of hydrogen-bond donors (Lipinski definition) is 0. The third-order valence-corrected chi connectivity index (χ3v) is 4.27. The van der Waals surface area contributed by atoms with Gasteiger partial charge in [-0.15, -0.1) is 11.3 Å². The summed E-state index contributed by atoms with van der Waals surface area (Å²) in [6, 6.07) is 2.13. The van der Waals surface area contributed by atoms with E-state index in [9.17, 15) is 0 Å². The Hall–Kier alpha value is 0.140. The van der Waals surface area contributed by atoms with Crippen LogP contribution in [0, 0.1) is 0 Å². The van der Waals surface area contributed by atoms with Crippen LogP contribution in [0.15, 0.2) is 15.9 Å². The van der Waals surface area contributed by atoms with E-state index in [0.717, 1.165) is 11.1 Å². The molecule has 0 spiro atoms. The molecule has 16 heavy (non-hydrogen) atoms. The van der Waals surface area contributed by atoms with Gasteiger partial charge in [0.1, 0.15) is 0 Å². The van der Waals surface area contributed by atoms with Crippen molar-refractivity contribution in [1.29, 1.82) is 0 Å². The van der Waals surface area contributed by atoms with E-state index in [4.69, 9.17) is 4.74 Å². The van der Waals surface area contributed by atoms with Crippen molar-refractivity contribution in [2.24, 2.45) is 0 Å². The zero-order valence-corrected chi connectivity index (χ0v) is 12.6. The van der Waals surface area contributed by atoms with E-state index >= 15 is 0 Å². The van der Waals surface area contributed by atoms with Crippen LogP contribution in [0.2, 0.25) is 0 Å². The fourth-order valence-electron chi connectivity index (χ4n) is 1.60. The third-order valence-electron chi connectivity index (χ3n) is 2.60. The predicted molar refractivity (Wildman–Crippen MR) is 75.0 cm³/mol. The average molecular weight is 305 g/mol. The first-order chi connectivity index (χ1) is 7.72. The monoisotopic (exact) mass is 304 g/mol. The summed E-state index contributed by atoms with van der Waals surface area (Å²) in [7, 11) is 0. The summed E-state index contributed by atoms with van der Waals surface area (Å²) in [4.78, 5) is 1.30. The van der Waals surface area contributed by atoms with Gasteiger partial charge in [0.2, 0.25) is 0 Å². The van der Waals surface area contributed by atoms with Crippen molar-refractivity contribution in [3.63, 3.8) is 0 Å². The van der Waals surface area contributed by atoms with Crippen LogP contribution in [0.3, 0.4) is 0 Å². The van der Waals surface area contributed by atoms with E-state index < -0.39 is 0 Å². The highest BCUT2D eigenvalue weighted by molar-refractivity contribution is 9.10. The van der Waals surface area contributed by atoms with Crippen molar-refractivity contribution in [3.8, 4) is 0 Å². The van der Waals surface area contributed by atoms with Crippen molar-refractivity contribution in [2.75, 3.05) is 0 Å². The maximum absolute atomic E-state index is 5.81. The van der Waals surface area contributed by atoms with Gasteiger partial charge in [-0.25, -0.2) is 0 Å². The smallest absolute Gasteiger partial charge is 0.0813 e. The molecule has 1 rings (SSSR count). The summed E-state index contributed by atoms with van der Waals surface area (Å²) in [5.41, 5.74) is 0. The molecule has 0 aliphatic heterocycles. The molecule has 1 heterocycles. The van der Waals surface area contributed by atoms with Crippen LogP contribution >= 0.6 is 27.3 Å². The summed E-state index contributed by atoms with van der Waals surface area (Å²) in [5, 5.41) is 2.10. The molecule has 0 bridgehead atoms. The van der Waals surface area contributed by atoms with Crippen molar-refractivity contribution in [3.05, 3.63) is 20.8 Å². The minimum absolute atomic E-state index is 0.387. The Morgan fingerprint density at radius 1 is 1.38 bits per heavy atom. The Balaban J connectivity index is 2.08. The molecule has 1 nitrogen and oxygen atoms in total. The van der Waals surface area contributed by atoms with E-state index in [-0.39, 0.29) is 0 Å². The highest BCUT2D eigenvalue weighted by Gasteiger charge is 2.04. The Kier molecular flexibility index (Phi) is 7.33. The maximum atomic E-state index is 5.81. The first-order valence-electron chi connectivity index (χ1n) is 6.07. The van der Waals surface area contributed by atoms with Gasteiger partial charge < -0.3 is 4.74 Å². The molecule has 0 radical (unpaired) electrons. The quantitative estimate of drug-likeness (QED) is 0.585. The predicted octanol–water partition coefficient (Wildman–Crippen LogP) is 5.39. The summed E-state index contributed by atoms with van der Waals surface area (Å²) >= 11 is 5.20. The normalized spacial score (nSPS) is 12.9. The fraction of sp³-hybridized carbons (Fsp3) is 0.692. The number of unbranched alkanes of at least 4 members (excludes halogenated alkanes) is 3. The van der Waals surface area contributed by atoms with Crippen LogP contribution < -0.4 is 0 Å². The molecule has 0 aliphatic carbocycles. The molecule has 92 valence electrons. The fourth-order valence-corrected chi connectivity index (χ4v) is 2.97. The van der Waals surface area contributed by atoms with Crippen LogP contribution in [-0.2, 0) is 11.3 Å². The van der Waals surface area contributed by atoms with Crippen molar-refractivity contribution < 1.29 is 4.74 Å². The van der Waals surface area contributed by atoms with E-state index in [1.54, 1.807) is 11.3 Å². The molecular weight excluding hydrogens is 284 g/mol. The van der Waals surface area contributed by atoms with Gasteiger partial charge in [0, 0.05) is 14.7 Å². The van der Waals surface area contributed by atoms with Gasteiger partial charge in [0.15, 0.2) is 0 Å². The van der Waals surface area contributed by atoms with Crippen molar-refractivity contribution in [2.45, 2.75) is 58.7 Å². The van der Waals surface area contributed by atoms with Crippen LogP contribution in [0.4, 0.5) is 0 Å². The minimum atomic E-state index is 0.387. The Morgan fingerprint density at radius 2 is 2.19 bits per heavy atom. The maximum Gasteiger partial charge on any atom is 0.0813 e. The number of ether oxygens (including phenoxy) is 1. The highest BCUT2D eigenvalue weighted by Crippen LogP contribution is 2.21. The summed E-state index contributed by atoms with van der Waals surface area (Å²) in [6.45, 7) is 5.17. The molecule has 0 amide bonds. The Labute approximate surface area is 111 Å². The topological polar surface area (TPSA) is 9.23 Å². The third kappa shape index (κ3) is 6.02. The summed E-state index contributed by atoms with van der Waals surface area (Å²) < 4.78 is 6.97. The van der Waals surface area contributed by atoms with Crippen LogP contribution in [0.5, 0.6) is 0 Å².